The van der Waals surface area contributed by atoms with Crippen molar-refractivity contribution in [2.75, 3.05) is 0 Å². The number of halogens is 2. The van der Waals surface area contributed by atoms with Crippen molar-refractivity contribution in [1.29, 1.82) is 0 Å². The lowest BCUT2D eigenvalue weighted by molar-refractivity contribution is -0.384. The van der Waals surface area contributed by atoms with Crippen LogP contribution in [0.3, 0.4) is 0 Å². The molecule has 0 bridgehead atoms. The third kappa shape index (κ3) is 3.07. The molecule has 0 aromatic heterocycles. The molecule has 0 aliphatic carbocycles. The quantitative estimate of drug-likeness (QED) is 0.437. The van der Waals surface area contributed by atoms with Crippen molar-refractivity contribution in [2.45, 2.75) is 0 Å². The highest BCUT2D eigenvalue weighted by atomic mass is 35.5. The van der Waals surface area contributed by atoms with Gasteiger partial charge in [0.15, 0.2) is 5.69 Å². The van der Waals surface area contributed by atoms with E-state index in [0.29, 0.717) is 10.7 Å². The first kappa shape index (κ1) is 13.5. The van der Waals surface area contributed by atoms with Crippen LogP contribution in [0.5, 0.6) is 0 Å². The minimum Gasteiger partial charge on any atom is -0.258 e. The topological polar surface area (TPSA) is 67.9 Å². The van der Waals surface area contributed by atoms with Crippen molar-refractivity contribution in [3.8, 4) is 0 Å². The zero-order valence-electron chi connectivity index (χ0n) is 9.46. The molecule has 7 heteroatoms. The number of nitrogens with zero attached hydrogens (tertiary/aromatic N) is 3. The van der Waals surface area contributed by atoms with Crippen LogP contribution in [0.1, 0.15) is 0 Å². The standard InChI is InChI=1S/C12H7Cl2N3O2/c13-8-4-1-2-6-10(8)15-16-12-9(14)5-3-7-11(12)17(18)19/h1-7H. The van der Waals surface area contributed by atoms with E-state index in [0.717, 1.165) is 0 Å². The molecule has 0 N–H and O–H groups in total. The fraction of sp³-hybridized carbons (Fsp3) is 0. The number of hydrogen-bond acceptors (Lipinski definition) is 4. The van der Waals surface area contributed by atoms with Gasteiger partial charge in [0.25, 0.3) is 5.69 Å². The summed E-state index contributed by atoms with van der Waals surface area (Å²) in [7, 11) is 0. The Morgan fingerprint density at radius 1 is 0.947 bits per heavy atom. The summed E-state index contributed by atoms with van der Waals surface area (Å²) in [5.41, 5.74) is 0.218. The molecule has 2 aromatic carbocycles. The molecule has 0 radical (unpaired) electrons. The molecule has 2 rings (SSSR count). The molecule has 96 valence electrons. The molecule has 0 amide bonds. The van der Waals surface area contributed by atoms with E-state index < -0.39 is 4.92 Å². The molecule has 0 saturated heterocycles. The third-order valence-corrected chi connectivity index (χ3v) is 2.90. The van der Waals surface area contributed by atoms with Gasteiger partial charge in [0.2, 0.25) is 0 Å². The van der Waals surface area contributed by atoms with Gasteiger partial charge in [0, 0.05) is 6.07 Å². The summed E-state index contributed by atoms with van der Waals surface area (Å²) in [5.74, 6) is 0. The maximum absolute atomic E-state index is 10.9. The first-order valence-electron chi connectivity index (χ1n) is 5.19. The van der Waals surface area contributed by atoms with Gasteiger partial charge < -0.3 is 0 Å². The second-order valence-corrected chi connectivity index (χ2v) is 4.33. The Bertz CT molecular complexity index is 659. The Morgan fingerprint density at radius 2 is 1.63 bits per heavy atom. The van der Waals surface area contributed by atoms with Gasteiger partial charge in [-0.1, -0.05) is 41.4 Å². The van der Waals surface area contributed by atoms with E-state index >= 15 is 0 Å². The third-order valence-electron chi connectivity index (χ3n) is 2.27. The van der Waals surface area contributed by atoms with Crippen molar-refractivity contribution in [3.63, 3.8) is 0 Å². The largest absolute Gasteiger partial charge is 0.298 e. The zero-order valence-corrected chi connectivity index (χ0v) is 11.0. The fourth-order valence-electron chi connectivity index (χ4n) is 1.39. The summed E-state index contributed by atoms with van der Waals surface area (Å²) < 4.78 is 0. The predicted molar refractivity (Wildman–Crippen MR) is 73.7 cm³/mol. The van der Waals surface area contributed by atoms with Crippen LogP contribution in [0.4, 0.5) is 17.1 Å². The number of azo groups is 1. The number of benzene rings is 2. The molecule has 0 spiro atoms. The van der Waals surface area contributed by atoms with Gasteiger partial charge in [0.1, 0.15) is 5.69 Å². The van der Waals surface area contributed by atoms with Gasteiger partial charge in [-0.05, 0) is 18.2 Å². The van der Waals surface area contributed by atoms with Crippen molar-refractivity contribution in [1.82, 2.24) is 0 Å². The lowest BCUT2D eigenvalue weighted by Gasteiger charge is -1.99. The van der Waals surface area contributed by atoms with E-state index in [1.165, 1.54) is 18.2 Å². The van der Waals surface area contributed by atoms with E-state index in [-0.39, 0.29) is 16.4 Å². The molecule has 0 aliphatic rings. The number of hydrogen-bond donors (Lipinski definition) is 0. The van der Waals surface area contributed by atoms with Gasteiger partial charge in [-0.15, -0.1) is 10.2 Å². The Kier molecular flexibility index (Phi) is 4.09. The number of nitro benzene ring substituents is 1. The first-order chi connectivity index (χ1) is 9.09. The van der Waals surface area contributed by atoms with Crippen LogP contribution in [0, 0.1) is 10.1 Å². The van der Waals surface area contributed by atoms with E-state index in [1.807, 2.05) is 0 Å². The fourth-order valence-corrected chi connectivity index (χ4v) is 1.77. The SMILES string of the molecule is O=[N+]([O-])c1cccc(Cl)c1N=Nc1ccccc1Cl. The summed E-state index contributed by atoms with van der Waals surface area (Å²) >= 11 is 11.8. The van der Waals surface area contributed by atoms with Crippen LogP contribution in [0.15, 0.2) is 52.7 Å². The second kappa shape index (κ2) is 5.77. The summed E-state index contributed by atoms with van der Waals surface area (Å²) in [6, 6.07) is 11.1. The van der Waals surface area contributed by atoms with Crippen LogP contribution in [-0.4, -0.2) is 4.92 Å². The van der Waals surface area contributed by atoms with E-state index in [9.17, 15) is 10.1 Å². The molecule has 0 fully saturated rings. The molecule has 5 nitrogen and oxygen atoms in total. The Labute approximate surface area is 118 Å². The molecule has 0 unspecified atom stereocenters. The lowest BCUT2D eigenvalue weighted by atomic mass is 10.3. The van der Waals surface area contributed by atoms with Crippen LogP contribution >= 0.6 is 23.2 Å². The van der Waals surface area contributed by atoms with Crippen LogP contribution in [0.2, 0.25) is 10.0 Å². The molecule has 0 atom stereocenters. The summed E-state index contributed by atoms with van der Waals surface area (Å²) in [6.07, 6.45) is 0. The van der Waals surface area contributed by atoms with Crippen LogP contribution < -0.4 is 0 Å². The first-order valence-corrected chi connectivity index (χ1v) is 5.94. The molecule has 2 aromatic rings. The van der Waals surface area contributed by atoms with Gasteiger partial charge in [-0.25, -0.2) is 0 Å². The van der Waals surface area contributed by atoms with E-state index in [1.54, 1.807) is 24.3 Å². The van der Waals surface area contributed by atoms with Crippen LogP contribution in [-0.2, 0) is 0 Å². The molecule has 0 saturated carbocycles. The summed E-state index contributed by atoms with van der Waals surface area (Å²) in [5, 5.41) is 19.1. The summed E-state index contributed by atoms with van der Waals surface area (Å²) in [6.45, 7) is 0. The normalized spacial score (nSPS) is 10.8. The smallest absolute Gasteiger partial charge is 0.258 e. The second-order valence-electron chi connectivity index (χ2n) is 3.52. The lowest BCUT2D eigenvalue weighted by Crippen LogP contribution is -1.88. The molecular weight excluding hydrogens is 289 g/mol. The highest BCUT2D eigenvalue weighted by molar-refractivity contribution is 6.33. The Hall–Kier alpha value is -1.98. The van der Waals surface area contributed by atoms with Crippen molar-refractivity contribution in [2.24, 2.45) is 10.2 Å². The van der Waals surface area contributed by atoms with Gasteiger partial charge in [-0.2, -0.15) is 0 Å². The van der Waals surface area contributed by atoms with Gasteiger partial charge >= 0.3 is 0 Å². The maximum Gasteiger partial charge on any atom is 0.298 e. The maximum atomic E-state index is 10.9. The molecule has 0 aliphatic heterocycles. The van der Waals surface area contributed by atoms with Crippen molar-refractivity contribution >= 4 is 40.3 Å². The molecule has 0 heterocycles. The Morgan fingerprint density at radius 3 is 2.32 bits per heavy atom. The van der Waals surface area contributed by atoms with E-state index in [4.69, 9.17) is 23.2 Å². The highest BCUT2D eigenvalue weighted by Gasteiger charge is 2.16. The monoisotopic (exact) mass is 295 g/mol. The minimum atomic E-state index is -0.563. The Balaban J connectivity index is 2.44. The average molecular weight is 296 g/mol. The molecular formula is C12H7Cl2N3O2. The molecule has 19 heavy (non-hydrogen) atoms. The average Bonchev–Trinajstić information content (AvgIpc) is 2.38. The number of nitro groups is 1. The minimum absolute atomic E-state index is 0.00841. The zero-order chi connectivity index (χ0) is 13.8. The van der Waals surface area contributed by atoms with Crippen molar-refractivity contribution in [3.05, 3.63) is 62.6 Å². The van der Waals surface area contributed by atoms with Gasteiger partial charge in [0.05, 0.1) is 15.0 Å². The predicted octanol–water partition coefficient (Wildman–Crippen LogP) is 5.32. The highest BCUT2D eigenvalue weighted by Crippen LogP contribution is 2.36. The van der Waals surface area contributed by atoms with E-state index in [2.05, 4.69) is 10.2 Å². The summed E-state index contributed by atoms with van der Waals surface area (Å²) in [4.78, 5) is 10.3. The number of rotatable bonds is 3. The van der Waals surface area contributed by atoms with Gasteiger partial charge in [-0.3, -0.25) is 10.1 Å². The van der Waals surface area contributed by atoms with Crippen molar-refractivity contribution < 1.29 is 4.92 Å². The van der Waals surface area contributed by atoms with Crippen LogP contribution in [0.25, 0.3) is 0 Å².